The molecule has 7 atom stereocenters. The molecule has 1 aliphatic rings. The van der Waals surface area contributed by atoms with Crippen LogP contribution in [0.2, 0.25) is 0 Å². The van der Waals surface area contributed by atoms with Gasteiger partial charge in [0.1, 0.15) is 11.9 Å². The van der Waals surface area contributed by atoms with E-state index in [0.29, 0.717) is 25.2 Å². The molecular formula is C42H65NO6S2. The number of nitrogens with one attached hydrogen (secondary N) is 1. The average molecular weight is 744 g/mol. The van der Waals surface area contributed by atoms with Crippen molar-refractivity contribution in [3.63, 3.8) is 0 Å². The Labute approximate surface area is 316 Å². The molecule has 0 bridgehead atoms. The maximum atomic E-state index is 13.3. The molecule has 9 heteroatoms. The zero-order chi connectivity index (χ0) is 38.7. The normalized spacial score (nSPS) is 20.6. The maximum Gasteiger partial charge on any atom is 0.331 e. The van der Waals surface area contributed by atoms with Gasteiger partial charge in [0.25, 0.3) is 0 Å². The molecule has 1 rings (SSSR count). The summed E-state index contributed by atoms with van der Waals surface area (Å²) in [7, 11) is 5.15. The van der Waals surface area contributed by atoms with Crippen molar-refractivity contribution in [3.8, 4) is 0 Å². The molecule has 0 fully saturated rings. The van der Waals surface area contributed by atoms with Crippen LogP contribution >= 0.6 is 21.6 Å². The largest absolute Gasteiger partial charge is 0.454 e. The number of esters is 1. The molecule has 0 aromatic heterocycles. The van der Waals surface area contributed by atoms with Crippen LogP contribution < -0.4 is 5.32 Å². The fourth-order valence-corrected chi connectivity index (χ4v) is 8.51. The zero-order valence-electron chi connectivity index (χ0n) is 33.0. The van der Waals surface area contributed by atoms with Gasteiger partial charge in [-0.25, -0.2) is 4.79 Å². The number of cyclic esters (lactones) is 1. The molecule has 0 aromatic carbocycles. The fraction of sp³-hybridized carbons (Fsp3) is 0.619. The fourth-order valence-electron chi connectivity index (χ4n) is 5.85. The van der Waals surface area contributed by atoms with E-state index >= 15 is 0 Å². The van der Waals surface area contributed by atoms with E-state index in [9.17, 15) is 24.3 Å². The lowest BCUT2D eigenvalue weighted by Crippen LogP contribution is -2.34. The van der Waals surface area contributed by atoms with Crippen LogP contribution in [0.5, 0.6) is 0 Å². The van der Waals surface area contributed by atoms with Crippen LogP contribution in [0, 0.1) is 29.6 Å². The van der Waals surface area contributed by atoms with E-state index in [2.05, 4.69) is 38.2 Å². The first-order valence-electron chi connectivity index (χ1n) is 18.4. The highest BCUT2D eigenvalue weighted by Gasteiger charge is 2.29. The molecular weight excluding hydrogens is 679 g/mol. The molecule has 0 spiro atoms. The Balaban J connectivity index is 2.56. The lowest BCUT2D eigenvalue weighted by molar-refractivity contribution is -0.143. The molecule has 1 amide bonds. The second-order valence-corrected chi connectivity index (χ2v) is 18.1. The Kier molecular flexibility index (Phi) is 21.7. The van der Waals surface area contributed by atoms with E-state index in [1.54, 1.807) is 41.6 Å². The van der Waals surface area contributed by atoms with Crippen LogP contribution in [0.3, 0.4) is 0 Å². The van der Waals surface area contributed by atoms with E-state index in [1.807, 2.05) is 71.9 Å². The number of aliphatic hydroxyl groups excluding tert-OH is 1. The first kappa shape index (κ1) is 46.4. The standard InChI is InChI=1S/C42H65NO6S2/c1-28(24-30(3)17-19-37-32(5)18-20-39(46)49-37)14-12-15-29(2)25-33(6)40(47)35(8)41(48)34(7)26-31(4)27-36(44)21-22-42(9,10)51-50-23-13-16-38(45)43-11/h12,15,17-20,24-25,27-28,32-35,37,41,48H,13-14,16,21-23,26H2,1-11H3,(H,43,45)/b15-12+,19-17+,29-25+,30-24-,31-27+/t28-,32+,33-,34+,35-,37+,41-/m1/s1. The predicted molar refractivity (Wildman–Crippen MR) is 216 cm³/mol. The van der Waals surface area contributed by atoms with Crippen molar-refractivity contribution in [2.75, 3.05) is 12.8 Å². The number of carbonyl (C=O) groups is 4. The van der Waals surface area contributed by atoms with Gasteiger partial charge in [-0.3, -0.25) is 14.4 Å². The van der Waals surface area contributed by atoms with Gasteiger partial charge in [-0.05, 0) is 84.3 Å². The molecule has 0 radical (unpaired) electrons. The monoisotopic (exact) mass is 743 g/mol. The highest BCUT2D eigenvalue weighted by molar-refractivity contribution is 8.77. The Morgan fingerprint density at radius 1 is 1.04 bits per heavy atom. The van der Waals surface area contributed by atoms with Gasteiger partial charge >= 0.3 is 5.97 Å². The molecule has 51 heavy (non-hydrogen) atoms. The Morgan fingerprint density at radius 3 is 2.37 bits per heavy atom. The van der Waals surface area contributed by atoms with Gasteiger partial charge in [-0.1, -0.05) is 109 Å². The van der Waals surface area contributed by atoms with E-state index in [-0.39, 0.29) is 52.0 Å². The minimum Gasteiger partial charge on any atom is -0.454 e. The molecule has 1 heterocycles. The number of carbonyl (C=O) groups excluding carboxylic acids is 4. The number of hydrogen-bond donors (Lipinski definition) is 2. The SMILES string of the molecule is CNC(=O)CCCSSC(C)(C)CCC(=O)/C=C(\C)C[C@H](C)[C@@H](O)[C@H](C)C(=O)[C@H](C)/C=C(C)/C=C/C[C@@H](C)/C=C(C)\C=C\[C@@H]1OC(=O)C=C[C@@H]1C. The van der Waals surface area contributed by atoms with Crippen molar-refractivity contribution in [1.82, 2.24) is 5.32 Å². The summed E-state index contributed by atoms with van der Waals surface area (Å²) in [6.07, 6.45) is 20.2. The summed E-state index contributed by atoms with van der Waals surface area (Å²) < 4.78 is 5.32. The van der Waals surface area contributed by atoms with Crippen molar-refractivity contribution < 1.29 is 29.0 Å². The third-order valence-electron chi connectivity index (χ3n) is 9.02. The van der Waals surface area contributed by atoms with Gasteiger partial charge < -0.3 is 15.2 Å². The van der Waals surface area contributed by atoms with Crippen LogP contribution in [0.4, 0.5) is 0 Å². The number of Topliss-reactive ketones (excluding diaryl/α,β-unsaturated/α-hetero) is 1. The molecule has 0 saturated carbocycles. The van der Waals surface area contributed by atoms with E-state index < -0.39 is 12.0 Å². The van der Waals surface area contributed by atoms with Crippen molar-refractivity contribution in [2.24, 2.45) is 29.6 Å². The van der Waals surface area contributed by atoms with Crippen LogP contribution in [-0.2, 0) is 23.9 Å². The van der Waals surface area contributed by atoms with E-state index in [1.165, 1.54) is 6.08 Å². The quantitative estimate of drug-likeness (QED) is 0.0351. The number of amides is 1. The number of ether oxygens (including phenoxy) is 1. The first-order chi connectivity index (χ1) is 23.8. The van der Waals surface area contributed by atoms with Crippen molar-refractivity contribution in [2.45, 2.75) is 125 Å². The average Bonchev–Trinajstić information content (AvgIpc) is 3.06. The number of allylic oxidation sites excluding steroid dienone is 9. The second kappa shape index (κ2) is 23.8. The minimum atomic E-state index is -0.812. The van der Waals surface area contributed by atoms with Crippen molar-refractivity contribution in [3.05, 3.63) is 71.4 Å². The molecule has 7 nitrogen and oxygen atoms in total. The van der Waals surface area contributed by atoms with Crippen molar-refractivity contribution in [1.29, 1.82) is 0 Å². The smallest absolute Gasteiger partial charge is 0.331 e. The van der Waals surface area contributed by atoms with Gasteiger partial charge in [0, 0.05) is 54.2 Å². The van der Waals surface area contributed by atoms with Gasteiger partial charge in [0.2, 0.25) is 5.91 Å². The van der Waals surface area contributed by atoms with Gasteiger partial charge in [-0.15, -0.1) is 0 Å². The van der Waals surface area contributed by atoms with E-state index in [4.69, 9.17) is 4.74 Å². The van der Waals surface area contributed by atoms with Crippen molar-refractivity contribution >= 4 is 45.0 Å². The molecule has 1 aliphatic heterocycles. The summed E-state index contributed by atoms with van der Waals surface area (Å²) in [5.41, 5.74) is 3.01. The third-order valence-corrected chi connectivity index (χ3v) is 12.5. The van der Waals surface area contributed by atoms with Crippen LogP contribution in [-0.4, -0.2) is 58.3 Å². The van der Waals surface area contributed by atoms with Gasteiger partial charge in [-0.2, -0.15) is 0 Å². The Bertz CT molecular complexity index is 1340. The van der Waals surface area contributed by atoms with Crippen LogP contribution in [0.15, 0.2) is 71.4 Å². The van der Waals surface area contributed by atoms with Gasteiger partial charge in [0.15, 0.2) is 5.78 Å². The summed E-state index contributed by atoms with van der Waals surface area (Å²) in [6, 6.07) is 0. The minimum absolute atomic E-state index is 0.00166. The highest BCUT2D eigenvalue weighted by Crippen LogP contribution is 2.39. The number of aliphatic hydroxyl groups is 1. The summed E-state index contributed by atoms with van der Waals surface area (Å²) in [5.74, 6) is 0.133. The third kappa shape index (κ3) is 19.7. The number of rotatable bonds is 23. The Hall–Kier alpha value is -2.62. The second-order valence-electron chi connectivity index (χ2n) is 15.0. The summed E-state index contributed by atoms with van der Waals surface area (Å²) >= 11 is 0. The van der Waals surface area contributed by atoms with Crippen LogP contribution in [0.25, 0.3) is 0 Å². The predicted octanol–water partition coefficient (Wildman–Crippen LogP) is 9.35. The molecule has 0 aliphatic carbocycles. The molecule has 0 saturated heterocycles. The summed E-state index contributed by atoms with van der Waals surface area (Å²) in [5, 5.41) is 13.7. The molecule has 2 N–H and O–H groups in total. The topological polar surface area (TPSA) is 110 Å². The summed E-state index contributed by atoms with van der Waals surface area (Å²) in [4.78, 5) is 48.9. The van der Waals surface area contributed by atoms with Gasteiger partial charge in [0.05, 0.1) is 6.10 Å². The number of hydrogen-bond acceptors (Lipinski definition) is 8. The Morgan fingerprint density at radius 2 is 1.71 bits per heavy atom. The maximum absolute atomic E-state index is 13.3. The highest BCUT2D eigenvalue weighted by atomic mass is 33.1. The summed E-state index contributed by atoms with van der Waals surface area (Å²) in [6.45, 7) is 20.0. The molecule has 0 aromatic rings. The lowest BCUT2D eigenvalue weighted by Gasteiger charge is -2.26. The van der Waals surface area contributed by atoms with E-state index in [0.717, 1.165) is 41.7 Å². The lowest BCUT2D eigenvalue weighted by atomic mass is 9.82. The zero-order valence-corrected chi connectivity index (χ0v) is 34.6. The van der Waals surface area contributed by atoms with Crippen LogP contribution in [0.1, 0.15) is 108 Å². The number of ketones is 2. The molecule has 0 unspecified atom stereocenters. The first-order valence-corrected chi connectivity index (χ1v) is 20.7. The molecule has 286 valence electrons.